The van der Waals surface area contributed by atoms with Gasteiger partial charge in [-0.25, -0.2) is 0 Å². The second kappa shape index (κ2) is 4.96. The van der Waals surface area contributed by atoms with Gasteiger partial charge < -0.3 is 10.6 Å². The number of carbonyl (C=O) groups is 1. The van der Waals surface area contributed by atoms with Gasteiger partial charge in [-0.15, -0.1) is 5.79 Å². The summed E-state index contributed by atoms with van der Waals surface area (Å²) in [5.74, 6) is 1.68. The van der Waals surface area contributed by atoms with E-state index < -0.39 is 4.83 Å². The molecular weight excluding hydrogens is 99.0 g/mol. The molecular formula is C2H6AlO3. The normalized spacial score (nSPS) is 5.50. The summed E-state index contributed by atoms with van der Waals surface area (Å²) in [6, 6.07) is 0. The number of hydrogen-bond acceptors (Lipinski definition) is 1. The molecule has 0 saturated carbocycles. The Morgan fingerprint density at radius 1 is 1.83 bits per heavy atom. The molecule has 0 saturated heterocycles. The van der Waals surface area contributed by atoms with E-state index in [-0.39, 0.29) is 20.7 Å². The molecule has 0 rings (SSSR count). The highest BCUT2D eigenvalue weighted by atomic mass is 27.1. The average molecular weight is 105 g/mol. The second-order valence-electron chi connectivity index (χ2n) is 0.627. The molecule has 0 fully saturated rings. The SMILES string of the molecule is O.[CH3][Al][C](=O)O. The van der Waals surface area contributed by atoms with Gasteiger partial charge in [-0.1, -0.05) is 0 Å². The van der Waals surface area contributed by atoms with Crippen LogP contribution in [0.1, 0.15) is 0 Å². The predicted molar refractivity (Wildman–Crippen MR) is 23.3 cm³/mol. The van der Waals surface area contributed by atoms with Gasteiger partial charge in [0.05, 0.1) is 0 Å². The Morgan fingerprint density at radius 3 is 2.00 bits per heavy atom. The Kier molecular flexibility index (Phi) is 7.73. The highest BCUT2D eigenvalue weighted by Gasteiger charge is 1.87. The molecule has 0 aromatic rings. The van der Waals surface area contributed by atoms with E-state index in [1.54, 1.807) is 5.79 Å². The van der Waals surface area contributed by atoms with E-state index in [0.717, 1.165) is 0 Å². The van der Waals surface area contributed by atoms with Gasteiger partial charge in [0.2, 0.25) is 0 Å². The third-order valence-electron chi connectivity index (χ3n) is 0.247. The first-order valence-corrected chi connectivity index (χ1v) is 3.03. The monoisotopic (exact) mass is 105 g/mol. The van der Waals surface area contributed by atoms with Crippen LogP contribution in [-0.2, 0) is 0 Å². The Hall–Kier alpha value is -0.0375. The largest absolute Gasteiger partial charge is 0.497 e. The molecule has 0 aliphatic carbocycles. The van der Waals surface area contributed by atoms with E-state index >= 15 is 0 Å². The third kappa shape index (κ3) is 9.03. The summed E-state index contributed by atoms with van der Waals surface area (Å²) in [5, 5.41) is 7.76. The van der Waals surface area contributed by atoms with Crippen LogP contribution < -0.4 is 0 Å². The van der Waals surface area contributed by atoms with Crippen molar-refractivity contribution in [1.82, 2.24) is 0 Å². The number of carboxylic acid groups (broad SMARTS) is 1. The van der Waals surface area contributed by atoms with Crippen LogP contribution in [0.4, 0.5) is 4.79 Å². The maximum absolute atomic E-state index is 9.41. The summed E-state index contributed by atoms with van der Waals surface area (Å²) in [5.41, 5.74) is 0. The molecule has 0 spiro atoms. The fourth-order valence-electron chi connectivity index (χ4n) is 0. The zero-order valence-electron chi connectivity index (χ0n) is 3.43. The summed E-state index contributed by atoms with van der Waals surface area (Å²) in [6.07, 6.45) is 0. The second-order valence-corrected chi connectivity index (χ2v) is 1.70. The molecule has 1 radical (unpaired) electrons. The van der Waals surface area contributed by atoms with Gasteiger partial charge in [0, 0.05) is 0 Å². The van der Waals surface area contributed by atoms with Crippen molar-refractivity contribution in [2.24, 2.45) is 0 Å². The lowest BCUT2D eigenvalue weighted by Crippen LogP contribution is -1.97. The van der Waals surface area contributed by atoms with Gasteiger partial charge in [0.1, 0.15) is 0 Å². The Bertz CT molecular complexity index is 44.1. The summed E-state index contributed by atoms with van der Waals surface area (Å²) in [6.45, 7) is 0. The number of rotatable bonds is 1. The highest BCUT2D eigenvalue weighted by Crippen LogP contribution is 1.56. The van der Waals surface area contributed by atoms with E-state index in [4.69, 9.17) is 5.11 Å². The summed E-state index contributed by atoms with van der Waals surface area (Å²) >= 11 is -0.352. The van der Waals surface area contributed by atoms with Gasteiger partial charge in [-0.2, -0.15) is 0 Å². The van der Waals surface area contributed by atoms with Gasteiger partial charge in [-0.05, 0) is 0 Å². The molecule has 0 unspecified atom stereocenters. The molecule has 0 aliphatic heterocycles. The van der Waals surface area contributed by atoms with Crippen LogP contribution in [0, 0.1) is 0 Å². The minimum absolute atomic E-state index is 0. The Balaban J connectivity index is 0. The Morgan fingerprint density at radius 2 is 2.00 bits per heavy atom. The van der Waals surface area contributed by atoms with Gasteiger partial charge in [0.25, 0.3) is 0 Å². The van der Waals surface area contributed by atoms with Gasteiger partial charge in [0.15, 0.2) is 4.83 Å². The highest BCUT2D eigenvalue weighted by molar-refractivity contribution is 6.70. The molecule has 0 heterocycles. The maximum Gasteiger partial charge on any atom is 0.382 e. The van der Waals surface area contributed by atoms with Crippen molar-refractivity contribution in [3.05, 3.63) is 0 Å². The van der Waals surface area contributed by atoms with Crippen molar-refractivity contribution in [2.75, 3.05) is 0 Å². The predicted octanol–water partition coefficient (Wildman–Crippen LogP) is -0.408. The lowest BCUT2D eigenvalue weighted by molar-refractivity contribution is 0.220. The van der Waals surface area contributed by atoms with Crippen molar-refractivity contribution in [3.8, 4) is 0 Å². The first-order chi connectivity index (χ1) is 2.27. The molecule has 0 aromatic carbocycles. The van der Waals surface area contributed by atoms with Crippen LogP contribution >= 0.6 is 0 Å². The van der Waals surface area contributed by atoms with Gasteiger partial charge >= 0.3 is 15.2 Å². The van der Waals surface area contributed by atoms with Gasteiger partial charge in [-0.3, -0.25) is 4.79 Å². The zero-order chi connectivity index (χ0) is 4.28. The van der Waals surface area contributed by atoms with E-state index in [1.807, 2.05) is 0 Å². The molecule has 3 nitrogen and oxygen atoms in total. The lowest BCUT2D eigenvalue weighted by Gasteiger charge is -1.69. The molecule has 0 aliphatic rings. The Labute approximate surface area is 42.0 Å². The van der Waals surface area contributed by atoms with Crippen LogP contribution in [0.3, 0.4) is 0 Å². The first kappa shape index (κ1) is 9.35. The van der Waals surface area contributed by atoms with E-state index in [9.17, 15) is 4.79 Å². The molecule has 6 heavy (non-hydrogen) atoms. The van der Waals surface area contributed by atoms with Crippen LogP contribution in [0.15, 0.2) is 0 Å². The van der Waals surface area contributed by atoms with Crippen LogP contribution in [0.2, 0.25) is 5.79 Å². The molecule has 0 amide bonds. The van der Waals surface area contributed by atoms with Crippen molar-refractivity contribution in [2.45, 2.75) is 5.79 Å². The third-order valence-corrected chi connectivity index (χ3v) is 0.741. The van der Waals surface area contributed by atoms with E-state index in [0.29, 0.717) is 0 Å². The molecule has 0 aromatic heterocycles. The lowest BCUT2D eigenvalue weighted by atomic mass is 11.6. The maximum atomic E-state index is 9.41. The molecule has 3 N–H and O–H groups in total. The summed E-state index contributed by atoms with van der Waals surface area (Å²) in [7, 11) is 0. The minimum Gasteiger partial charge on any atom is -0.497 e. The van der Waals surface area contributed by atoms with Crippen molar-refractivity contribution >= 4 is 20.1 Å². The molecule has 0 bridgehead atoms. The summed E-state index contributed by atoms with van der Waals surface area (Å²) < 4.78 is 0. The van der Waals surface area contributed by atoms with E-state index in [1.165, 1.54) is 0 Å². The fourth-order valence-corrected chi connectivity index (χ4v) is 0. The smallest absolute Gasteiger partial charge is 0.382 e. The zero-order valence-corrected chi connectivity index (χ0v) is 4.59. The minimum atomic E-state index is -0.662. The average Bonchev–Trinajstić information content (AvgIpc) is 1.38. The fraction of sp³-hybridized carbons (Fsp3) is 0.500. The quantitative estimate of drug-likeness (QED) is 0.460. The topological polar surface area (TPSA) is 68.8 Å². The van der Waals surface area contributed by atoms with Crippen molar-refractivity contribution < 1.29 is 15.4 Å². The number of hydrogen-bond donors (Lipinski definition) is 1. The first-order valence-electron chi connectivity index (χ1n) is 1.29. The molecule has 4 heteroatoms. The van der Waals surface area contributed by atoms with Crippen LogP contribution in [0.25, 0.3) is 0 Å². The van der Waals surface area contributed by atoms with Crippen molar-refractivity contribution in [3.63, 3.8) is 0 Å². The van der Waals surface area contributed by atoms with Crippen LogP contribution in [0.5, 0.6) is 0 Å². The summed E-state index contributed by atoms with van der Waals surface area (Å²) in [4.78, 5) is 8.74. The standard InChI is InChI=1S/CHO2.CH3.Al.H2O/c2-1-3;;;/h(H,2,3);1H3;;1H2. The molecule has 0 atom stereocenters. The van der Waals surface area contributed by atoms with E-state index in [2.05, 4.69) is 0 Å². The molecule has 35 valence electrons. The van der Waals surface area contributed by atoms with Crippen molar-refractivity contribution in [1.29, 1.82) is 0 Å². The van der Waals surface area contributed by atoms with Crippen LogP contribution in [-0.4, -0.2) is 30.6 Å².